The minimum Gasteiger partial charge on any atom is -0.367 e. The van der Waals surface area contributed by atoms with Crippen molar-refractivity contribution in [1.82, 2.24) is 19.5 Å². The van der Waals surface area contributed by atoms with Gasteiger partial charge in [0.2, 0.25) is 11.6 Å². The Labute approximate surface area is 115 Å². The van der Waals surface area contributed by atoms with Crippen molar-refractivity contribution < 1.29 is 4.92 Å². The van der Waals surface area contributed by atoms with E-state index in [1.54, 1.807) is 19.6 Å². The lowest BCUT2D eigenvalue weighted by molar-refractivity contribution is -0.383. The van der Waals surface area contributed by atoms with Gasteiger partial charge in [-0.1, -0.05) is 0 Å². The van der Waals surface area contributed by atoms with Crippen molar-refractivity contribution in [2.45, 2.75) is 19.5 Å². The molecule has 9 heteroatoms. The molecule has 2 aromatic heterocycles. The highest BCUT2D eigenvalue weighted by Crippen LogP contribution is 2.28. The van der Waals surface area contributed by atoms with E-state index in [2.05, 4.69) is 25.6 Å². The second kappa shape index (κ2) is 5.95. The molecule has 0 saturated heterocycles. The molecule has 1 atom stereocenters. The average molecular weight is 277 g/mol. The molecule has 0 radical (unpaired) electrons. The Hall–Kier alpha value is -2.71. The maximum absolute atomic E-state index is 11.1. The molecular formula is C11H15N7O2. The zero-order chi connectivity index (χ0) is 14.5. The van der Waals surface area contributed by atoms with Gasteiger partial charge in [0.25, 0.3) is 0 Å². The molecule has 0 spiro atoms. The molecule has 0 saturated carbocycles. The number of hydrogen-bond acceptors (Lipinski definition) is 7. The van der Waals surface area contributed by atoms with Crippen LogP contribution in [0.5, 0.6) is 0 Å². The van der Waals surface area contributed by atoms with Crippen LogP contribution < -0.4 is 10.6 Å². The zero-order valence-corrected chi connectivity index (χ0v) is 11.1. The van der Waals surface area contributed by atoms with Crippen molar-refractivity contribution in [2.75, 3.05) is 17.7 Å². The Bertz CT molecular complexity index is 584. The topological polar surface area (TPSA) is 111 Å². The molecule has 20 heavy (non-hydrogen) atoms. The highest BCUT2D eigenvalue weighted by atomic mass is 16.6. The van der Waals surface area contributed by atoms with Gasteiger partial charge in [-0.3, -0.25) is 10.1 Å². The fourth-order valence-electron chi connectivity index (χ4n) is 1.83. The molecule has 0 aliphatic rings. The maximum Gasteiger partial charge on any atom is 0.353 e. The SMILES string of the molecule is CNc1ncnc(NC(C)Cn2ccnc2)c1[N+](=O)[O-]. The van der Waals surface area contributed by atoms with Gasteiger partial charge < -0.3 is 15.2 Å². The van der Waals surface area contributed by atoms with Crippen LogP contribution in [0.25, 0.3) is 0 Å². The van der Waals surface area contributed by atoms with Crippen molar-refractivity contribution in [3.8, 4) is 0 Å². The molecule has 9 nitrogen and oxygen atoms in total. The standard InChI is InChI=1S/C11H15N7O2/c1-8(5-17-4-3-13-7-17)16-11-9(18(19)20)10(12-2)14-6-15-11/h3-4,6-8H,5H2,1-2H3,(H2,12,14,15,16). The molecule has 0 aliphatic heterocycles. The summed E-state index contributed by atoms with van der Waals surface area (Å²) in [6.45, 7) is 2.53. The number of hydrogen-bond donors (Lipinski definition) is 2. The van der Waals surface area contributed by atoms with Crippen LogP contribution in [-0.2, 0) is 6.54 Å². The summed E-state index contributed by atoms with van der Waals surface area (Å²) in [5, 5.41) is 16.8. The summed E-state index contributed by atoms with van der Waals surface area (Å²) in [5.41, 5.74) is -0.160. The van der Waals surface area contributed by atoms with Gasteiger partial charge in [0, 0.05) is 32.0 Å². The van der Waals surface area contributed by atoms with Crippen molar-refractivity contribution >= 4 is 17.3 Å². The summed E-state index contributed by atoms with van der Waals surface area (Å²) in [6, 6.07) is -0.0532. The van der Waals surface area contributed by atoms with Crippen LogP contribution in [0.3, 0.4) is 0 Å². The first-order valence-electron chi connectivity index (χ1n) is 6.01. The number of anilines is 2. The summed E-state index contributed by atoms with van der Waals surface area (Å²) >= 11 is 0. The third-order valence-corrected chi connectivity index (χ3v) is 2.67. The third-order valence-electron chi connectivity index (χ3n) is 2.67. The third kappa shape index (κ3) is 2.99. The van der Waals surface area contributed by atoms with Crippen LogP contribution in [0.2, 0.25) is 0 Å². The fraction of sp³-hybridized carbons (Fsp3) is 0.364. The van der Waals surface area contributed by atoms with Crippen molar-refractivity contribution in [1.29, 1.82) is 0 Å². The van der Waals surface area contributed by atoms with Gasteiger partial charge in [-0.15, -0.1) is 0 Å². The van der Waals surface area contributed by atoms with Gasteiger partial charge >= 0.3 is 5.69 Å². The minimum atomic E-state index is -0.502. The van der Waals surface area contributed by atoms with E-state index in [0.717, 1.165) is 0 Å². The van der Waals surface area contributed by atoms with Crippen LogP contribution in [0, 0.1) is 10.1 Å². The molecule has 106 valence electrons. The molecule has 0 bridgehead atoms. The smallest absolute Gasteiger partial charge is 0.353 e. The highest BCUT2D eigenvalue weighted by Gasteiger charge is 2.23. The minimum absolute atomic E-state index is 0.0532. The van der Waals surface area contributed by atoms with E-state index >= 15 is 0 Å². The molecule has 0 aromatic carbocycles. The van der Waals surface area contributed by atoms with Crippen LogP contribution >= 0.6 is 0 Å². The number of nitro groups is 1. The van der Waals surface area contributed by atoms with Gasteiger partial charge in [-0.25, -0.2) is 15.0 Å². The largest absolute Gasteiger partial charge is 0.367 e. The van der Waals surface area contributed by atoms with Crippen LogP contribution in [0.4, 0.5) is 17.3 Å². The Morgan fingerprint density at radius 2 is 2.20 bits per heavy atom. The summed E-state index contributed by atoms with van der Waals surface area (Å²) < 4.78 is 1.88. The van der Waals surface area contributed by atoms with Crippen LogP contribution in [0.15, 0.2) is 25.0 Å². The lowest BCUT2D eigenvalue weighted by Crippen LogP contribution is -2.23. The molecule has 1 unspecified atom stereocenters. The predicted octanol–water partition coefficient (Wildman–Crippen LogP) is 1.12. The monoisotopic (exact) mass is 277 g/mol. The van der Waals surface area contributed by atoms with E-state index in [0.29, 0.717) is 6.54 Å². The maximum atomic E-state index is 11.1. The number of rotatable bonds is 6. The molecule has 0 amide bonds. The van der Waals surface area contributed by atoms with Gasteiger partial charge in [0.05, 0.1) is 11.3 Å². The first-order chi connectivity index (χ1) is 9.61. The Kier molecular flexibility index (Phi) is 4.08. The molecule has 0 fully saturated rings. The normalized spacial score (nSPS) is 11.9. The Morgan fingerprint density at radius 1 is 1.45 bits per heavy atom. The number of nitrogens with zero attached hydrogens (tertiary/aromatic N) is 5. The first kappa shape index (κ1) is 13.7. The first-order valence-corrected chi connectivity index (χ1v) is 6.01. The number of aromatic nitrogens is 4. The summed E-state index contributed by atoms with van der Waals surface area (Å²) in [7, 11) is 1.58. The lowest BCUT2D eigenvalue weighted by Gasteiger charge is -2.15. The van der Waals surface area contributed by atoms with E-state index in [-0.39, 0.29) is 23.4 Å². The van der Waals surface area contributed by atoms with Crippen molar-refractivity contribution in [2.24, 2.45) is 0 Å². The molecule has 2 heterocycles. The molecule has 2 rings (SSSR count). The van der Waals surface area contributed by atoms with E-state index in [1.807, 2.05) is 17.7 Å². The Balaban J connectivity index is 2.18. The van der Waals surface area contributed by atoms with Crippen molar-refractivity contribution in [3.63, 3.8) is 0 Å². The lowest BCUT2D eigenvalue weighted by atomic mass is 10.3. The summed E-state index contributed by atoms with van der Waals surface area (Å²) in [5.74, 6) is 0.379. The second-order valence-corrected chi connectivity index (χ2v) is 4.23. The quantitative estimate of drug-likeness (QED) is 0.601. The van der Waals surface area contributed by atoms with Crippen molar-refractivity contribution in [3.05, 3.63) is 35.2 Å². The molecule has 2 N–H and O–H groups in total. The number of imidazole rings is 1. The van der Waals surface area contributed by atoms with Crippen LogP contribution in [-0.4, -0.2) is 37.5 Å². The fourth-order valence-corrected chi connectivity index (χ4v) is 1.83. The average Bonchev–Trinajstić information content (AvgIpc) is 2.90. The molecule has 0 aliphatic carbocycles. The summed E-state index contributed by atoms with van der Waals surface area (Å²) in [4.78, 5) is 22.4. The molecule has 2 aromatic rings. The van der Waals surface area contributed by atoms with E-state index in [9.17, 15) is 10.1 Å². The van der Waals surface area contributed by atoms with E-state index < -0.39 is 4.92 Å². The predicted molar refractivity (Wildman–Crippen MR) is 73.5 cm³/mol. The second-order valence-electron chi connectivity index (χ2n) is 4.23. The number of nitrogens with one attached hydrogen (secondary N) is 2. The van der Waals surface area contributed by atoms with E-state index in [1.165, 1.54) is 6.33 Å². The van der Waals surface area contributed by atoms with Gasteiger partial charge in [-0.05, 0) is 6.92 Å². The Morgan fingerprint density at radius 3 is 2.80 bits per heavy atom. The van der Waals surface area contributed by atoms with Gasteiger partial charge in [-0.2, -0.15) is 0 Å². The highest BCUT2D eigenvalue weighted by molar-refractivity contribution is 5.69. The molecular weight excluding hydrogens is 262 g/mol. The van der Waals surface area contributed by atoms with Crippen LogP contribution in [0.1, 0.15) is 6.92 Å². The van der Waals surface area contributed by atoms with E-state index in [4.69, 9.17) is 0 Å². The van der Waals surface area contributed by atoms with Gasteiger partial charge in [0.1, 0.15) is 6.33 Å². The zero-order valence-electron chi connectivity index (χ0n) is 11.1. The summed E-state index contributed by atoms with van der Waals surface area (Å²) in [6.07, 6.45) is 6.47. The van der Waals surface area contributed by atoms with Gasteiger partial charge in [0.15, 0.2) is 0 Å².